The van der Waals surface area contributed by atoms with Crippen molar-refractivity contribution in [2.45, 2.75) is 38.8 Å². The maximum atomic E-state index is 12.2. The second-order valence-electron chi connectivity index (χ2n) is 9.62. The van der Waals surface area contributed by atoms with Crippen molar-refractivity contribution in [3.8, 4) is 28.7 Å². The zero-order valence-electron chi connectivity index (χ0n) is 23.2. The number of amides is 1. The molecule has 0 radical (unpaired) electrons. The molecule has 12 heteroatoms. The molecule has 2 aromatic heterocycles. The van der Waals surface area contributed by atoms with Crippen molar-refractivity contribution in [2.24, 2.45) is 5.73 Å². The molecule has 0 spiro atoms. The van der Waals surface area contributed by atoms with Crippen molar-refractivity contribution in [2.75, 3.05) is 38.1 Å². The lowest BCUT2D eigenvalue weighted by Gasteiger charge is -2.25. The van der Waals surface area contributed by atoms with Gasteiger partial charge in [-0.15, -0.1) is 0 Å². The Morgan fingerprint density at radius 2 is 1.82 bits per heavy atom. The van der Waals surface area contributed by atoms with Crippen LogP contribution in [0.2, 0.25) is 0 Å². The number of rotatable bonds is 10. The van der Waals surface area contributed by atoms with Crippen molar-refractivity contribution in [3.63, 3.8) is 0 Å². The largest absolute Gasteiger partial charge is 0.493 e. The molecule has 5 rings (SSSR count). The molecule has 0 bridgehead atoms. The summed E-state index contributed by atoms with van der Waals surface area (Å²) in [6, 6.07) is 8.90. The molecule has 4 aromatic rings. The quantitative estimate of drug-likeness (QED) is 0.301. The minimum Gasteiger partial charge on any atom is -0.493 e. The summed E-state index contributed by atoms with van der Waals surface area (Å²) >= 11 is 0. The molecule has 40 heavy (non-hydrogen) atoms. The number of imidazole rings is 1. The van der Waals surface area contributed by atoms with Crippen molar-refractivity contribution in [3.05, 3.63) is 42.9 Å². The van der Waals surface area contributed by atoms with E-state index < -0.39 is 6.04 Å². The van der Waals surface area contributed by atoms with Crippen molar-refractivity contribution >= 4 is 34.4 Å². The Morgan fingerprint density at radius 1 is 1.07 bits per heavy atom. The standard InChI is InChI=1S/C28H33N7O5/c1-16(2)40-20-10-6-8-18-24(20)32-28(33-27(18)35-11-7-9-19(35)26(29)36)31-23-14-34(15-30-23)17-12-21(37-3)25(39-5)22(13-17)38-4/h6,8,10,12-16,19H,7,9,11H2,1-5H3,(H2,29,36)(H,31,32,33)/t19-/m0/s1. The molecule has 1 aliphatic rings. The van der Waals surface area contributed by atoms with E-state index in [0.29, 0.717) is 59.1 Å². The van der Waals surface area contributed by atoms with Gasteiger partial charge in [-0.1, -0.05) is 6.07 Å². The third-order valence-corrected chi connectivity index (χ3v) is 6.66. The van der Waals surface area contributed by atoms with Gasteiger partial charge in [0.15, 0.2) is 17.3 Å². The highest BCUT2D eigenvalue weighted by molar-refractivity contribution is 5.96. The molecular weight excluding hydrogens is 514 g/mol. The number of nitrogens with one attached hydrogen (secondary N) is 1. The molecular formula is C28H33N7O5. The van der Waals surface area contributed by atoms with E-state index in [1.54, 1.807) is 33.9 Å². The van der Waals surface area contributed by atoms with Crippen LogP contribution in [0, 0.1) is 0 Å². The van der Waals surface area contributed by atoms with Crippen LogP contribution in [0.5, 0.6) is 23.0 Å². The number of benzene rings is 2. The summed E-state index contributed by atoms with van der Waals surface area (Å²) < 4.78 is 24.3. The number of para-hydroxylation sites is 1. The minimum atomic E-state index is -0.445. The van der Waals surface area contributed by atoms with Crippen molar-refractivity contribution < 1.29 is 23.7 Å². The Bertz CT molecular complexity index is 1510. The van der Waals surface area contributed by atoms with Crippen LogP contribution in [0.4, 0.5) is 17.6 Å². The summed E-state index contributed by atoms with van der Waals surface area (Å²) in [6.45, 7) is 4.57. The van der Waals surface area contributed by atoms with Crippen LogP contribution < -0.4 is 34.9 Å². The molecule has 1 saturated heterocycles. The fourth-order valence-electron chi connectivity index (χ4n) is 4.91. The minimum absolute atomic E-state index is 0.0558. The zero-order valence-corrected chi connectivity index (χ0v) is 23.2. The number of aromatic nitrogens is 4. The van der Waals surface area contributed by atoms with Gasteiger partial charge in [0, 0.05) is 24.1 Å². The van der Waals surface area contributed by atoms with E-state index in [0.717, 1.165) is 17.5 Å². The maximum Gasteiger partial charge on any atom is 0.240 e. The molecule has 0 aliphatic carbocycles. The molecule has 3 heterocycles. The van der Waals surface area contributed by atoms with Crippen molar-refractivity contribution in [1.29, 1.82) is 0 Å². The first-order chi connectivity index (χ1) is 19.3. The summed E-state index contributed by atoms with van der Waals surface area (Å²) in [7, 11) is 4.69. The lowest BCUT2D eigenvalue weighted by Crippen LogP contribution is -2.41. The fourth-order valence-corrected chi connectivity index (χ4v) is 4.91. The Labute approximate surface area is 232 Å². The molecule has 3 N–H and O–H groups in total. The van der Waals surface area contributed by atoms with E-state index in [4.69, 9.17) is 34.6 Å². The van der Waals surface area contributed by atoms with Crippen LogP contribution in [0.3, 0.4) is 0 Å². The van der Waals surface area contributed by atoms with E-state index in [9.17, 15) is 4.79 Å². The number of ether oxygens (including phenoxy) is 4. The maximum absolute atomic E-state index is 12.2. The number of fused-ring (bicyclic) bond motifs is 1. The van der Waals surface area contributed by atoms with Crippen LogP contribution >= 0.6 is 0 Å². The molecule has 1 amide bonds. The molecule has 2 aromatic carbocycles. The summed E-state index contributed by atoms with van der Waals surface area (Å²) in [5, 5.41) is 3.99. The van der Waals surface area contributed by atoms with E-state index in [2.05, 4.69) is 10.3 Å². The van der Waals surface area contributed by atoms with Gasteiger partial charge in [-0.2, -0.15) is 4.98 Å². The highest BCUT2D eigenvalue weighted by Crippen LogP contribution is 2.40. The monoisotopic (exact) mass is 547 g/mol. The molecule has 0 unspecified atom stereocenters. The predicted octanol–water partition coefficient (Wildman–Crippen LogP) is 3.83. The number of hydrogen-bond donors (Lipinski definition) is 2. The summed E-state index contributed by atoms with van der Waals surface area (Å²) in [5.74, 6) is 3.23. The summed E-state index contributed by atoms with van der Waals surface area (Å²) in [4.78, 5) is 28.3. The average Bonchev–Trinajstić information content (AvgIpc) is 3.62. The second kappa shape index (κ2) is 11.2. The van der Waals surface area contributed by atoms with Gasteiger partial charge in [-0.25, -0.2) is 9.97 Å². The summed E-state index contributed by atoms with van der Waals surface area (Å²) in [6.07, 6.45) is 4.91. The van der Waals surface area contributed by atoms with E-state index in [1.807, 2.05) is 53.6 Å². The second-order valence-corrected chi connectivity index (χ2v) is 9.62. The fraction of sp³-hybridized carbons (Fsp3) is 0.357. The van der Waals surface area contributed by atoms with Gasteiger partial charge in [0.05, 0.1) is 39.3 Å². The van der Waals surface area contributed by atoms with Gasteiger partial charge in [0.1, 0.15) is 29.5 Å². The highest BCUT2D eigenvalue weighted by Gasteiger charge is 2.32. The number of hydrogen-bond acceptors (Lipinski definition) is 10. The number of methoxy groups -OCH3 is 3. The first kappa shape index (κ1) is 26.9. The lowest BCUT2D eigenvalue weighted by atomic mass is 10.1. The third-order valence-electron chi connectivity index (χ3n) is 6.66. The average molecular weight is 548 g/mol. The van der Waals surface area contributed by atoms with Gasteiger partial charge in [-0.05, 0) is 38.8 Å². The first-order valence-electron chi connectivity index (χ1n) is 13.0. The Balaban J connectivity index is 1.55. The van der Waals surface area contributed by atoms with Gasteiger partial charge in [0.2, 0.25) is 17.6 Å². The Kier molecular flexibility index (Phi) is 7.50. The normalized spacial score (nSPS) is 14.9. The van der Waals surface area contributed by atoms with Gasteiger partial charge in [-0.3, -0.25) is 4.79 Å². The predicted molar refractivity (Wildman–Crippen MR) is 151 cm³/mol. The number of nitrogens with two attached hydrogens (primary N) is 1. The topological polar surface area (TPSA) is 139 Å². The number of carbonyl (C=O) groups excluding carboxylic acids is 1. The Hall–Kier alpha value is -4.74. The van der Waals surface area contributed by atoms with Crippen LogP contribution in [0.25, 0.3) is 16.6 Å². The molecule has 0 saturated carbocycles. The van der Waals surface area contributed by atoms with E-state index in [1.165, 1.54) is 0 Å². The highest BCUT2D eigenvalue weighted by atomic mass is 16.5. The van der Waals surface area contributed by atoms with Gasteiger partial charge < -0.3 is 39.5 Å². The number of primary amides is 1. The van der Waals surface area contributed by atoms with Crippen LogP contribution in [0.1, 0.15) is 26.7 Å². The molecule has 1 fully saturated rings. The van der Waals surface area contributed by atoms with Crippen LogP contribution in [-0.2, 0) is 4.79 Å². The summed E-state index contributed by atoms with van der Waals surface area (Å²) in [5.41, 5.74) is 7.12. The van der Waals surface area contributed by atoms with E-state index >= 15 is 0 Å². The SMILES string of the molecule is COc1cc(-n2cnc(Nc3nc(N4CCC[C@H]4C(N)=O)c4cccc(OC(C)C)c4n3)c2)cc(OC)c1OC. The number of anilines is 3. The molecule has 1 aliphatic heterocycles. The smallest absolute Gasteiger partial charge is 0.240 e. The molecule has 1 atom stereocenters. The third kappa shape index (κ3) is 5.12. The van der Waals surface area contributed by atoms with Crippen molar-refractivity contribution in [1.82, 2.24) is 19.5 Å². The van der Waals surface area contributed by atoms with Crippen LogP contribution in [-0.4, -0.2) is 65.4 Å². The molecule has 12 nitrogen and oxygen atoms in total. The van der Waals surface area contributed by atoms with Crippen LogP contribution in [0.15, 0.2) is 42.9 Å². The first-order valence-corrected chi connectivity index (χ1v) is 13.0. The lowest BCUT2D eigenvalue weighted by molar-refractivity contribution is -0.119. The van der Waals surface area contributed by atoms with Gasteiger partial charge >= 0.3 is 0 Å². The number of nitrogens with zero attached hydrogens (tertiary/aromatic N) is 5. The van der Waals surface area contributed by atoms with Gasteiger partial charge in [0.25, 0.3) is 0 Å². The number of carbonyl (C=O) groups is 1. The zero-order chi connectivity index (χ0) is 28.4. The Morgan fingerprint density at radius 3 is 2.48 bits per heavy atom. The van der Waals surface area contributed by atoms with E-state index in [-0.39, 0.29) is 12.0 Å². The molecule has 210 valence electrons.